The van der Waals surface area contributed by atoms with Gasteiger partial charge in [-0.25, -0.2) is 8.42 Å². The van der Waals surface area contributed by atoms with Crippen LogP contribution in [0, 0.1) is 16.7 Å². The summed E-state index contributed by atoms with van der Waals surface area (Å²) in [5.74, 6) is 1.74. The van der Waals surface area contributed by atoms with Gasteiger partial charge in [-0.1, -0.05) is 55.4 Å². The van der Waals surface area contributed by atoms with E-state index in [1.807, 2.05) is 0 Å². The second kappa shape index (κ2) is 6.58. The molecule has 0 aliphatic carbocycles. The maximum absolute atomic E-state index is 12.5. The molecular weight excluding hydrogens is 358 g/mol. The standard InChI is InChI=1S/C21H37N3O2S/c1-14(2)19-22-18(21(6,7)8)17(20(3,4)5)16-12-15(13-23(16)19)24-10-9-11-27(24,25)26/h14-15,18H,9-13H2,1-8H3. The Morgan fingerprint density at radius 1 is 1.11 bits per heavy atom. The first kappa shape index (κ1) is 20.8. The van der Waals surface area contributed by atoms with Crippen LogP contribution >= 0.6 is 0 Å². The van der Waals surface area contributed by atoms with Crippen molar-refractivity contribution in [3.63, 3.8) is 0 Å². The minimum atomic E-state index is -3.10. The third-order valence-corrected chi connectivity index (χ3v) is 7.96. The first-order chi connectivity index (χ1) is 12.2. The smallest absolute Gasteiger partial charge is 0.214 e. The molecule has 154 valence electrons. The number of nitrogens with zero attached hydrogens (tertiary/aromatic N) is 3. The van der Waals surface area contributed by atoms with Crippen LogP contribution in [-0.2, 0) is 10.0 Å². The zero-order valence-corrected chi connectivity index (χ0v) is 19.2. The second-order valence-corrected chi connectivity index (χ2v) is 12.8. The van der Waals surface area contributed by atoms with Gasteiger partial charge in [0.15, 0.2) is 0 Å². The van der Waals surface area contributed by atoms with Gasteiger partial charge >= 0.3 is 0 Å². The predicted octanol–water partition coefficient (Wildman–Crippen LogP) is 3.88. The SMILES string of the molecule is CC(C)C1=NC(C(C)(C)C)C(C(C)(C)C)=C2CC(N3CCCS3(=O)=O)CN12. The zero-order valence-electron chi connectivity index (χ0n) is 18.3. The molecule has 0 amide bonds. The maximum Gasteiger partial charge on any atom is 0.214 e. The molecule has 3 aliphatic heterocycles. The van der Waals surface area contributed by atoms with Crippen LogP contribution in [0.1, 0.15) is 68.2 Å². The van der Waals surface area contributed by atoms with Gasteiger partial charge in [-0.2, -0.15) is 4.31 Å². The summed E-state index contributed by atoms with van der Waals surface area (Å²) in [6, 6.07) is 0.169. The highest BCUT2D eigenvalue weighted by atomic mass is 32.2. The fraction of sp³-hybridized carbons (Fsp3) is 0.857. The number of hydrogen-bond acceptors (Lipinski definition) is 4. The normalized spacial score (nSPS) is 29.5. The van der Waals surface area contributed by atoms with Gasteiger partial charge < -0.3 is 4.90 Å². The Kier molecular flexibility index (Phi) is 5.08. The molecule has 2 saturated heterocycles. The molecule has 3 aliphatic rings. The quantitative estimate of drug-likeness (QED) is 0.713. The maximum atomic E-state index is 12.5. The van der Waals surface area contributed by atoms with E-state index in [1.165, 1.54) is 11.3 Å². The van der Waals surface area contributed by atoms with E-state index in [4.69, 9.17) is 4.99 Å². The first-order valence-electron chi connectivity index (χ1n) is 10.3. The van der Waals surface area contributed by atoms with Crippen molar-refractivity contribution in [3.8, 4) is 0 Å². The zero-order chi connectivity index (χ0) is 20.4. The van der Waals surface area contributed by atoms with Crippen LogP contribution in [0.2, 0.25) is 0 Å². The summed E-state index contributed by atoms with van der Waals surface area (Å²) in [6.45, 7) is 19.4. The largest absolute Gasteiger partial charge is 0.332 e. The molecular formula is C21H37N3O2S. The van der Waals surface area contributed by atoms with E-state index in [9.17, 15) is 8.42 Å². The number of rotatable bonds is 2. The molecule has 5 nitrogen and oxygen atoms in total. The molecule has 0 bridgehead atoms. The summed E-state index contributed by atoms with van der Waals surface area (Å²) < 4.78 is 26.8. The van der Waals surface area contributed by atoms with E-state index in [1.54, 1.807) is 4.31 Å². The van der Waals surface area contributed by atoms with Crippen molar-refractivity contribution in [3.05, 3.63) is 11.3 Å². The fourth-order valence-electron chi connectivity index (χ4n) is 4.82. The van der Waals surface area contributed by atoms with Crippen LogP contribution in [0.15, 0.2) is 16.3 Å². The number of fused-ring (bicyclic) bond motifs is 1. The van der Waals surface area contributed by atoms with E-state index < -0.39 is 10.0 Å². The average Bonchev–Trinajstić information content (AvgIpc) is 3.05. The van der Waals surface area contributed by atoms with Crippen molar-refractivity contribution in [2.45, 2.75) is 80.3 Å². The summed E-state index contributed by atoms with van der Waals surface area (Å²) in [4.78, 5) is 7.61. The van der Waals surface area contributed by atoms with Gasteiger partial charge in [0.25, 0.3) is 0 Å². The summed E-state index contributed by atoms with van der Waals surface area (Å²) in [7, 11) is -3.10. The third-order valence-electron chi connectivity index (χ3n) is 5.96. The van der Waals surface area contributed by atoms with Crippen LogP contribution < -0.4 is 0 Å². The van der Waals surface area contributed by atoms with E-state index >= 15 is 0 Å². The lowest BCUT2D eigenvalue weighted by Crippen LogP contribution is -2.45. The van der Waals surface area contributed by atoms with E-state index in [-0.39, 0.29) is 22.9 Å². The Labute approximate surface area is 166 Å². The summed E-state index contributed by atoms with van der Waals surface area (Å²) in [5, 5.41) is 0. The number of aliphatic imine (C=N–C) groups is 1. The lowest BCUT2D eigenvalue weighted by atomic mass is 9.71. The molecule has 0 aromatic carbocycles. The topological polar surface area (TPSA) is 53.0 Å². The van der Waals surface area contributed by atoms with Gasteiger partial charge in [-0.3, -0.25) is 4.99 Å². The molecule has 0 radical (unpaired) electrons. The Bertz CT molecular complexity index is 766. The molecule has 27 heavy (non-hydrogen) atoms. The number of amidine groups is 1. The van der Waals surface area contributed by atoms with Crippen molar-refractivity contribution in [2.24, 2.45) is 21.7 Å². The van der Waals surface area contributed by atoms with Gasteiger partial charge in [0.2, 0.25) is 10.0 Å². The molecule has 0 aromatic heterocycles. The minimum absolute atomic E-state index is 0.00366. The Morgan fingerprint density at radius 3 is 2.19 bits per heavy atom. The Morgan fingerprint density at radius 2 is 1.74 bits per heavy atom. The van der Waals surface area contributed by atoms with Crippen molar-refractivity contribution >= 4 is 15.9 Å². The summed E-state index contributed by atoms with van der Waals surface area (Å²) in [6.07, 6.45) is 1.56. The molecule has 3 rings (SSSR count). The Hall–Kier alpha value is -0.880. The summed E-state index contributed by atoms with van der Waals surface area (Å²) >= 11 is 0. The molecule has 3 heterocycles. The molecule has 0 aromatic rings. The van der Waals surface area contributed by atoms with Crippen LogP contribution in [0.25, 0.3) is 0 Å². The highest BCUT2D eigenvalue weighted by Crippen LogP contribution is 2.47. The van der Waals surface area contributed by atoms with Crippen molar-refractivity contribution in [1.82, 2.24) is 9.21 Å². The van der Waals surface area contributed by atoms with Crippen molar-refractivity contribution in [1.29, 1.82) is 0 Å². The number of hydrogen-bond donors (Lipinski definition) is 0. The minimum Gasteiger partial charge on any atom is -0.332 e. The Balaban J connectivity index is 2.11. The van der Waals surface area contributed by atoms with Gasteiger partial charge in [-0.15, -0.1) is 0 Å². The molecule has 2 unspecified atom stereocenters. The van der Waals surface area contributed by atoms with Gasteiger partial charge in [0.05, 0.1) is 11.8 Å². The average molecular weight is 396 g/mol. The molecule has 0 saturated carbocycles. The van der Waals surface area contributed by atoms with Crippen LogP contribution in [0.3, 0.4) is 0 Å². The monoisotopic (exact) mass is 395 g/mol. The fourth-order valence-corrected chi connectivity index (χ4v) is 6.55. The van der Waals surface area contributed by atoms with Crippen molar-refractivity contribution in [2.75, 3.05) is 18.8 Å². The van der Waals surface area contributed by atoms with Gasteiger partial charge in [0, 0.05) is 37.2 Å². The molecule has 2 atom stereocenters. The third kappa shape index (κ3) is 3.71. The second-order valence-electron chi connectivity index (χ2n) is 10.8. The van der Waals surface area contributed by atoms with Gasteiger partial charge in [-0.05, 0) is 22.8 Å². The highest BCUT2D eigenvalue weighted by Gasteiger charge is 2.47. The molecule has 0 spiro atoms. The lowest BCUT2D eigenvalue weighted by molar-refractivity contribution is 0.289. The molecule has 2 fully saturated rings. The van der Waals surface area contributed by atoms with Crippen LogP contribution in [0.4, 0.5) is 0 Å². The predicted molar refractivity (Wildman–Crippen MR) is 112 cm³/mol. The lowest BCUT2D eigenvalue weighted by Gasteiger charge is -2.44. The van der Waals surface area contributed by atoms with Crippen LogP contribution in [0.5, 0.6) is 0 Å². The first-order valence-corrected chi connectivity index (χ1v) is 11.9. The molecule has 6 heteroatoms. The van der Waals surface area contributed by atoms with E-state index in [0.29, 0.717) is 18.2 Å². The molecule has 0 N–H and O–H groups in total. The van der Waals surface area contributed by atoms with Gasteiger partial charge in [0.1, 0.15) is 5.84 Å². The van der Waals surface area contributed by atoms with E-state index in [0.717, 1.165) is 25.2 Å². The van der Waals surface area contributed by atoms with E-state index in [2.05, 4.69) is 60.3 Å². The van der Waals surface area contributed by atoms with Crippen molar-refractivity contribution < 1.29 is 8.42 Å². The number of sulfonamides is 1. The van der Waals surface area contributed by atoms with Crippen LogP contribution in [-0.4, -0.2) is 54.4 Å². The summed E-state index contributed by atoms with van der Waals surface area (Å²) in [5.41, 5.74) is 2.74. The highest BCUT2D eigenvalue weighted by molar-refractivity contribution is 7.89.